The van der Waals surface area contributed by atoms with E-state index in [1.807, 2.05) is 23.8 Å². The van der Waals surface area contributed by atoms with Crippen molar-refractivity contribution in [1.29, 1.82) is 0 Å². The number of aliphatic hydroxyl groups is 1. The molecule has 0 aromatic heterocycles. The van der Waals surface area contributed by atoms with Crippen molar-refractivity contribution >= 4 is 5.91 Å². The zero-order valence-corrected chi connectivity index (χ0v) is 13.7. The summed E-state index contributed by atoms with van der Waals surface area (Å²) >= 11 is 0. The summed E-state index contributed by atoms with van der Waals surface area (Å²) in [5.41, 5.74) is 1.39. The Hall–Kier alpha value is -1.39. The van der Waals surface area contributed by atoms with Crippen molar-refractivity contribution in [2.45, 2.75) is 32.2 Å². The molecule has 1 atom stereocenters. The maximum Gasteiger partial charge on any atom is 0.236 e. The van der Waals surface area contributed by atoms with Gasteiger partial charge in [-0.15, -0.1) is 0 Å². The molecule has 1 N–H and O–H groups in total. The minimum atomic E-state index is 0.0274. The van der Waals surface area contributed by atoms with E-state index in [2.05, 4.69) is 30.3 Å². The molecule has 0 spiro atoms. The minimum Gasteiger partial charge on any atom is -0.395 e. The first-order valence-corrected chi connectivity index (χ1v) is 8.23. The number of rotatable bonds is 6. The first kappa shape index (κ1) is 17.0. The van der Waals surface area contributed by atoms with Crippen LogP contribution in [0.4, 0.5) is 0 Å². The second-order valence-electron chi connectivity index (χ2n) is 6.46. The quantitative estimate of drug-likeness (QED) is 0.871. The number of likely N-dealkylation sites (tertiary alicyclic amines) is 1. The molecule has 0 bridgehead atoms. The molecule has 1 aliphatic heterocycles. The van der Waals surface area contributed by atoms with Gasteiger partial charge >= 0.3 is 0 Å². The van der Waals surface area contributed by atoms with E-state index in [1.165, 1.54) is 5.56 Å². The fourth-order valence-corrected chi connectivity index (χ4v) is 2.94. The van der Waals surface area contributed by atoms with Gasteiger partial charge in [-0.25, -0.2) is 0 Å². The molecule has 1 aliphatic rings. The highest BCUT2D eigenvalue weighted by molar-refractivity contribution is 5.78. The van der Waals surface area contributed by atoms with Crippen molar-refractivity contribution in [3.8, 4) is 0 Å². The summed E-state index contributed by atoms with van der Waals surface area (Å²) in [6.07, 6.45) is 3.28. The van der Waals surface area contributed by atoms with Gasteiger partial charge < -0.3 is 10.0 Å². The summed E-state index contributed by atoms with van der Waals surface area (Å²) in [5, 5.41) is 9.14. The maximum absolute atomic E-state index is 12.3. The molecule has 1 saturated heterocycles. The zero-order chi connectivity index (χ0) is 15.9. The van der Waals surface area contributed by atoms with E-state index in [9.17, 15) is 4.79 Å². The number of carbonyl (C=O) groups is 1. The molecule has 1 unspecified atom stereocenters. The van der Waals surface area contributed by atoms with Crippen LogP contribution in [0.1, 0.15) is 25.3 Å². The summed E-state index contributed by atoms with van der Waals surface area (Å²) in [7, 11) is 1.89. The Bertz CT molecular complexity index is 455. The molecule has 1 amide bonds. The Balaban J connectivity index is 1.76. The lowest BCUT2D eigenvalue weighted by Crippen LogP contribution is -2.46. The van der Waals surface area contributed by atoms with Crippen molar-refractivity contribution in [3.05, 3.63) is 35.9 Å². The molecule has 4 nitrogen and oxygen atoms in total. The van der Waals surface area contributed by atoms with E-state index < -0.39 is 0 Å². The summed E-state index contributed by atoms with van der Waals surface area (Å²) in [6.45, 7) is 4.13. The number of carbonyl (C=O) groups excluding carboxylic acids is 1. The van der Waals surface area contributed by atoms with Gasteiger partial charge in [-0.05, 0) is 44.7 Å². The topological polar surface area (TPSA) is 43.8 Å². The van der Waals surface area contributed by atoms with Crippen molar-refractivity contribution < 1.29 is 9.90 Å². The van der Waals surface area contributed by atoms with E-state index >= 15 is 0 Å². The van der Waals surface area contributed by atoms with Gasteiger partial charge in [0.1, 0.15) is 0 Å². The van der Waals surface area contributed by atoms with Crippen LogP contribution in [0, 0.1) is 5.92 Å². The Morgan fingerprint density at radius 2 is 1.95 bits per heavy atom. The van der Waals surface area contributed by atoms with Gasteiger partial charge in [-0.1, -0.05) is 30.3 Å². The van der Waals surface area contributed by atoms with Crippen LogP contribution in [0.5, 0.6) is 0 Å². The third kappa shape index (κ3) is 4.82. The predicted octanol–water partition coefficient (Wildman–Crippen LogP) is 1.78. The van der Waals surface area contributed by atoms with Gasteiger partial charge in [-0.2, -0.15) is 0 Å². The van der Waals surface area contributed by atoms with Crippen molar-refractivity contribution in [3.63, 3.8) is 0 Å². The number of nitrogens with zero attached hydrogens (tertiary/aromatic N) is 2. The third-order valence-electron chi connectivity index (χ3n) is 4.74. The van der Waals surface area contributed by atoms with E-state index in [4.69, 9.17) is 5.11 Å². The van der Waals surface area contributed by atoms with Crippen LogP contribution in [0.25, 0.3) is 0 Å². The maximum atomic E-state index is 12.3. The summed E-state index contributed by atoms with van der Waals surface area (Å²) < 4.78 is 0. The number of piperidine rings is 1. The number of hydrogen-bond acceptors (Lipinski definition) is 3. The van der Waals surface area contributed by atoms with E-state index in [-0.39, 0.29) is 18.6 Å². The van der Waals surface area contributed by atoms with Crippen molar-refractivity contribution in [2.75, 3.05) is 33.3 Å². The van der Waals surface area contributed by atoms with Gasteiger partial charge in [0, 0.05) is 19.1 Å². The Morgan fingerprint density at radius 3 is 2.55 bits per heavy atom. The van der Waals surface area contributed by atoms with Gasteiger partial charge in [0.25, 0.3) is 0 Å². The van der Waals surface area contributed by atoms with Crippen molar-refractivity contribution in [2.24, 2.45) is 5.92 Å². The van der Waals surface area contributed by atoms with E-state index in [0.29, 0.717) is 12.5 Å². The van der Waals surface area contributed by atoms with Gasteiger partial charge in [0.05, 0.1) is 13.2 Å². The highest BCUT2D eigenvalue weighted by Gasteiger charge is 2.24. The largest absolute Gasteiger partial charge is 0.395 e. The van der Waals surface area contributed by atoms with E-state index in [1.54, 1.807) is 0 Å². The molecule has 4 heteroatoms. The van der Waals surface area contributed by atoms with Crippen LogP contribution >= 0.6 is 0 Å². The number of benzene rings is 1. The molecule has 0 radical (unpaired) electrons. The molecule has 1 heterocycles. The minimum absolute atomic E-state index is 0.0274. The van der Waals surface area contributed by atoms with Gasteiger partial charge in [-0.3, -0.25) is 9.69 Å². The zero-order valence-electron chi connectivity index (χ0n) is 13.7. The summed E-state index contributed by atoms with van der Waals surface area (Å²) in [6, 6.07) is 10.6. The molecular weight excluding hydrogens is 276 g/mol. The molecule has 122 valence electrons. The number of aliphatic hydroxyl groups excluding tert-OH is 1. The predicted molar refractivity (Wildman–Crippen MR) is 88.6 cm³/mol. The van der Waals surface area contributed by atoms with Crippen LogP contribution in [0.3, 0.4) is 0 Å². The Labute approximate surface area is 133 Å². The molecule has 22 heavy (non-hydrogen) atoms. The Morgan fingerprint density at radius 1 is 1.32 bits per heavy atom. The Kier molecular flexibility index (Phi) is 6.40. The second kappa shape index (κ2) is 8.30. The summed E-state index contributed by atoms with van der Waals surface area (Å²) in [5.74, 6) is 0.863. The third-order valence-corrected chi connectivity index (χ3v) is 4.74. The van der Waals surface area contributed by atoms with E-state index in [0.717, 1.165) is 32.4 Å². The second-order valence-corrected chi connectivity index (χ2v) is 6.46. The SMILES string of the molecule is CC(CO)N(C)CC(=O)N1CCC(Cc2ccccc2)CC1. The first-order valence-electron chi connectivity index (χ1n) is 8.23. The highest BCUT2D eigenvalue weighted by Crippen LogP contribution is 2.21. The smallest absolute Gasteiger partial charge is 0.236 e. The fourth-order valence-electron chi connectivity index (χ4n) is 2.94. The van der Waals surface area contributed by atoms with Crippen LogP contribution in [0.15, 0.2) is 30.3 Å². The lowest BCUT2D eigenvalue weighted by atomic mass is 9.90. The monoisotopic (exact) mass is 304 g/mol. The fraction of sp³-hybridized carbons (Fsp3) is 0.611. The molecule has 1 aromatic rings. The lowest BCUT2D eigenvalue weighted by molar-refractivity contribution is -0.134. The van der Waals surface area contributed by atoms with Crippen molar-refractivity contribution in [1.82, 2.24) is 9.80 Å². The molecule has 0 saturated carbocycles. The average molecular weight is 304 g/mol. The normalized spacial score (nSPS) is 17.7. The summed E-state index contributed by atoms with van der Waals surface area (Å²) in [4.78, 5) is 16.2. The molecule has 1 aromatic carbocycles. The number of likely N-dealkylation sites (N-methyl/N-ethyl adjacent to an activating group) is 1. The highest BCUT2D eigenvalue weighted by atomic mass is 16.3. The number of amides is 1. The molecule has 1 fully saturated rings. The van der Waals surface area contributed by atoms with Crippen LogP contribution in [0.2, 0.25) is 0 Å². The van der Waals surface area contributed by atoms with Gasteiger partial charge in [0.15, 0.2) is 0 Å². The number of hydrogen-bond donors (Lipinski definition) is 1. The van der Waals surface area contributed by atoms with Gasteiger partial charge in [0.2, 0.25) is 5.91 Å². The average Bonchev–Trinajstić information content (AvgIpc) is 2.55. The standard InChI is InChI=1S/C18H28N2O2/c1-15(14-21)19(2)13-18(22)20-10-8-17(9-11-20)12-16-6-4-3-5-7-16/h3-7,15,17,21H,8-14H2,1-2H3. The first-order chi connectivity index (χ1) is 10.6. The molecule has 0 aliphatic carbocycles. The molecular formula is C18H28N2O2. The lowest BCUT2D eigenvalue weighted by Gasteiger charge is -2.34. The van der Waals surface area contributed by atoms with Crippen LogP contribution in [-0.2, 0) is 11.2 Å². The van der Waals surface area contributed by atoms with Crippen LogP contribution < -0.4 is 0 Å². The van der Waals surface area contributed by atoms with Crippen LogP contribution in [-0.4, -0.2) is 60.1 Å². The molecule has 2 rings (SSSR count).